The second-order valence-corrected chi connectivity index (χ2v) is 7.08. The number of amides is 2. The topological polar surface area (TPSA) is 71.8 Å². The number of carbonyl (C=O) groups excluding carboxylic acids is 2. The van der Waals surface area contributed by atoms with Gasteiger partial charge in [-0.05, 0) is 60.5 Å². The van der Waals surface area contributed by atoms with Gasteiger partial charge in [0.1, 0.15) is 23.9 Å². The Morgan fingerprint density at radius 1 is 1.13 bits per heavy atom. The van der Waals surface area contributed by atoms with E-state index in [-0.39, 0.29) is 30.0 Å². The first-order valence-electron chi connectivity index (χ1n) is 9.72. The number of nitrogens with one attached hydrogen (secondary N) is 1. The van der Waals surface area contributed by atoms with Gasteiger partial charge in [0, 0.05) is 25.2 Å². The van der Waals surface area contributed by atoms with Gasteiger partial charge in [-0.2, -0.15) is 0 Å². The number of nitrogens with zero attached hydrogens (tertiary/aromatic N) is 1. The molecule has 3 aromatic rings. The van der Waals surface area contributed by atoms with Crippen molar-refractivity contribution in [1.82, 2.24) is 4.90 Å². The van der Waals surface area contributed by atoms with E-state index in [1.54, 1.807) is 18.2 Å². The highest BCUT2D eigenvalue weighted by Crippen LogP contribution is 2.19. The van der Waals surface area contributed by atoms with Gasteiger partial charge in [-0.15, -0.1) is 0 Å². The molecular weight excluding hydrogens is 387 g/mol. The molecule has 30 heavy (non-hydrogen) atoms. The first-order chi connectivity index (χ1) is 14.6. The Morgan fingerprint density at radius 2 is 1.97 bits per heavy atom. The lowest BCUT2D eigenvalue weighted by Crippen LogP contribution is -2.23. The summed E-state index contributed by atoms with van der Waals surface area (Å²) in [6.07, 6.45) is 1.49. The third-order valence-electron chi connectivity index (χ3n) is 4.81. The summed E-state index contributed by atoms with van der Waals surface area (Å²) in [4.78, 5) is 26.1. The van der Waals surface area contributed by atoms with Gasteiger partial charge < -0.3 is 19.4 Å². The average Bonchev–Trinajstić information content (AvgIpc) is 3.37. The normalized spacial score (nSPS) is 13.5. The van der Waals surface area contributed by atoms with Crippen LogP contribution < -0.4 is 10.1 Å². The highest BCUT2D eigenvalue weighted by atomic mass is 19.1. The van der Waals surface area contributed by atoms with E-state index in [0.29, 0.717) is 30.2 Å². The Labute approximate surface area is 173 Å². The summed E-state index contributed by atoms with van der Waals surface area (Å²) >= 11 is 0. The van der Waals surface area contributed by atoms with Crippen LogP contribution in [0.5, 0.6) is 5.75 Å². The molecule has 4 rings (SSSR count). The Bertz CT molecular complexity index is 1050. The lowest BCUT2D eigenvalue weighted by atomic mass is 10.2. The smallest absolute Gasteiger partial charge is 0.291 e. The molecule has 0 saturated carbocycles. The summed E-state index contributed by atoms with van der Waals surface area (Å²) in [5.41, 5.74) is 1.58. The molecule has 2 amide bonds. The van der Waals surface area contributed by atoms with Crippen LogP contribution in [0.3, 0.4) is 0 Å². The van der Waals surface area contributed by atoms with Gasteiger partial charge in [0.25, 0.3) is 5.91 Å². The zero-order valence-corrected chi connectivity index (χ0v) is 16.3. The largest absolute Gasteiger partial charge is 0.486 e. The van der Waals surface area contributed by atoms with E-state index >= 15 is 0 Å². The Hall–Kier alpha value is -3.61. The van der Waals surface area contributed by atoms with E-state index in [1.807, 2.05) is 23.1 Å². The summed E-state index contributed by atoms with van der Waals surface area (Å²) in [7, 11) is 0. The number of rotatable bonds is 7. The lowest BCUT2D eigenvalue weighted by Gasteiger charge is -2.16. The van der Waals surface area contributed by atoms with Crippen LogP contribution in [0.2, 0.25) is 0 Å². The van der Waals surface area contributed by atoms with Crippen LogP contribution in [0.1, 0.15) is 34.7 Å². The summed E-state index contributed by atoms with van der Waals surface area (Å²) < 4.78 is 24.0. The van der Waals surface area contributed by atoms with Crippen LogP contribution in [0.25, 0.3) is 0 Å². The SMILES string of the molecule is O=C(Nc1cccc(CN2CCCC2=O)c1)c1ccc(COc2ccc(F)cc2)o1. The predicted octanol–water partition coefficient (Wildman–Crippen LogP) is 4.37. The standard InChI is InChI=1S/C23H21FN2O4/c24-17-6-8-19(9-7-17)29-15-20-10-11-21(30-20)23(28)25-18-4-1-3-16(13-18)14-26-12-2-5-22(26)27/h1,3-4,6-11,13H,2,5,12,14-15H2,(H,25,28). The van der Waals surface area contributed by atoms with Crippen LogP contribution in [-0.2, 0) is 17.9 Å². The van der Waals surface area contributed by atoms with E-state index in [2.05, 4.69) is 5.32 Å². The number of halogens is 1. The van der Waals surface area contributed by atoms with E-state index in [1.165, 1.54) is 24.3 Å². The Morgan fingerprint density at radius 3 is 2.73 bits per heavy atom. The molecule has 1 aliphatic rings. The van der Waals surface area contributed by atoms with Gasteiger partial charge in [0.15, 0.2) is 5.76 Å². The molecular formula is C23H21FN2O4. The fourth-order valence-electron chi connectivity index (χ4n) is 3.29. The fourth-order valence-corrected chi connectivity index (χ4v) is 3.29. The second kappa shape index (κ2) is 8.82. The molecule has 1 aromatic heterocycles. The summed E-state index contributed by atoms with van der Waals surface area (Å²) in [6.45, 7) is 1.43. The number of furan rings is 1. The summed E-state index contributed by atoms with van der Waals surface area (Å²) in [5.74, 6) is 0.592. The number of likely N-dealkylation sites (tertiary alicyclic amines) is 1. The number of hydrogen-bond acceptors (Lipinski definition) is 4. The van der Waals surface area contributed by atoms with E-state index in [4.69, 9.17) is 9.15 Å². The maximum absolute atomic E-state index is 12.9. The Balaban J connectivity index is 1.34. The molecule has 0 spiro atoms. The van der Waals surface area contributed by atoms with Gasteiger partial charge >= 0.3 is 0 Å². The average molecular weight is 408 g/mol. The van der Waals surface area contributed by atoms with Crippen LogP contribution in [-0.4, -0.2) is 23.3 Å². The monoisotopic (exact) mass is 408 g/mol. The number of benzene rings is 2. The van der Waals surface area contributed by atoms with Crippen molar-refractivity contribution in [3.8, 4) is 5.75 Å². The fraction of sp³-hybridized carbons (Fsp3) is 0.217. The van der Waals surface area contributed by atoms with Crippen molar-refractivity contribution in [2.24, 2.45) is 0 Å². The Kier molecular flexibility index (Phi) is 5.79. The zero-order chi connectivity index (χ0) is 20.9. The molecule has 1 aliphatic heterocycles. The van der Waals surface area contributed by atoms with Crippen LogP contribution in [0.15, 0.2) is 65.1 Å². The van der Waals surface area contributed by atoms with Crippen molar-refractivity contribution in [2.75, 3.05) is 11.9 Å². The zero-order valence-electron chi connectivity index (χ0n) is 16.3. The molecule has 0 radical (unpaired) electrons. The summed E-state index contributed by atoms with van der Waals surface area (Å²) in [5, 5.41) is 2.81. The molecule has 0 atom stereocenters. The first-order valence-corrected chi connectivity index (χ1v) is 9.72. The molecule has 154 valence electrons. The lowest BCUT2D eigenvalue weighted by molar-refractivity contribution is -0.128. The summed E-state index contributed by atoms with van der Waals surface area (Å²) in [6, 6.07) is 16.3. The number of ether oxygens (including phenoxy) is 1. The van der Waals surface area contributed by atoms with Crippen LogP contribution in [0, 0.1) is 5.82 Å². The minimum Gasteiger partial charge on any atom is -0.486 e. The van der Waals surface area contributed by atoms with Gasteiger partial charge in [-0.1, -0.05) is 12.1 Å². The third kappa shape index (κ3) is 4.86. The molecule has 0 bridgehead atoms. The third-order valence-corrected chi connectivity index (χ3v) is 4.81. The number of anilines is 1. The molecule has 0 unspecified atom stereocenters. The van der Waals surface area contributed by atoms with E-state index < -0.39 is 0 Å². The molecule has 1 saturated heterocycles. The molecule has 2 aromatic carbocycles. The minimum absolute atomic E-state index is 0.123. The van der Waals surface area contributed by atoms with Crippen LogP contribution >= 0.6 is 0 Å². The maximum Gasteiger partial charge on any atom is 0.291 e. The van der Waals surface area contributed by atoms with Crippen molar-refractivity contribution in [1.29, 1.82) is 0 Å². The van der Waals surface area contributed by atoms with Crippen molar-refractivity contribution >= 4 is 17.5 Å². The van der Waals surface area contributed by atoms with Gasteiger partial charge in [-0.25, -0.2) is 4.39 Å². The van der Waals surface area contributed by atoms with Crippen molar-refractivity contribution in [2.45, 2.75) is 26.0 Å². The van der Waals surface area contributed by atoms with E-state index in [9.17, 15) is 14.0 Å². The maximum atomic E-state index is 12.9. The molecule has 1 N–H and O–H groups in total. The van der Waals surface area contributed by atoms with Gasteiger partial charge in [0.2, 0.25) is 5.91 Å². The number of carbonyl (C=O) groups is 2. The molecule has 6 nitrogen and oxygen atoms in total. The van der Waals surface area contributed by atoms with Crippen molar-refractivity contribution in [3.05, 3.63) is 83.6 Å². The quantitative estimate of drug-likeness (QED) is 0.630. The molecule has 0 aliphatic carbocycles. The van der Waals surface area contributed by atoms with Crippen molar-refractivity contribution in [3.63, 3.8) is 0 Å². The van der Waals surface area contributed by atoms with E-state index in [0.717, 1.165) is 18.5 Å². The van der Waals surface area contributed by atoms with Crippen molar-refractivity contribution < 1.29 is 23.1 Å². The highest BCUT2D eigenvalue weighted by Gasteiger charge is 2.20. The molecule has 2 heterocycles. The molecule has 1 fully saturated rings. The first kappa shape index (κ1) is 19.7. The molecule has 7 heteroatoms. The van der Waals surface area contributed by atoms with Gasteiger partial charge in [-0.3, -0.25) is 9.59 Å². The number of hydrogen-bond donors (Lipinski definition) is 1. The van der Waals surface area contributed by atoms with Crippen LogP contribution in [0.4, 0.5) is 10.1 Å². The second-order valence-electron chi connectivity index (χ2n) is 7.08. The highest BCUT2D eigenvalue weighted by molar-refractivity contribution is 6.02. The minimum atomic E-state index is -0.377. The predicted molar refractivity (Wildman–Crippen MR) is 108 cm³/mol. The van der Waals surface area contributed by atoms with Gasteiger partial charge in [0.05, 0.1) is 0 Å².